The van der Waals surface area contributed by atoms with E-state index < -0.39 is 0 Å². The number of alkyl halides is 2. The molecule has 0 atom stereocenters. The minimum atomic E-state index is 0. The molecule has 0 N–H and O–H groups in total. The Morgan fingerprint density at radius 3 is 0.711 bits per heavy atom. The second kappa shape index (κ2) is 45.5. The number of benzene rings is 5. The van der Waals surface area contributed by atoms with Crippen molar-refractivity contribution in [3.8, 4) is 33.4 Å². The lowest BCUT2D eigenvalue weighted by Crippen LogP contribution is -3.00. The molecule has 0 radical (unpaired) electrons. The molecule has 0 aliphatic carbocycles. The van der Waals surface area contributed by atoms with Crippen LogP contribution in [0.3, 0.4) is 0 Å². The van der Waals surface area contributed by atoms with Crippen molar-refractivity contribution in [1.29, 1.82) is 0 Å². The maximum Gasteiger partial charge on any atom is 0.195 e. The topological polar surface area (TPSA) is 50.3 Å². The van der Waals surface area contributed by atoms with Gasteiger partial charge >= 0.3 is 0 Å². The van der Waals surface area contributed by atoms with E-state index in [1.165, 1.54) is 61.2 Å². The highest BCUT2D eigenvalue weighted by Crippen LogP contribution is 2.18. The van der Waals surface area contributed by atoms with Crippen LogP contribution < -0.4 is 50.9 Å². The molecule has 11 aromatic rings. The van der Waals surface area contributed by atoms with Gasteiger partial charge < -0.3 is 37.2 Å². The average molecular weight is 1200 g/mol. The van der Waals surface area contributed by atoms with Crippen LogP contribution in [0.15, 0.2) is 324 Å². The van der Waals surface area contributed by atoms with Crippen LogP contribution in [0, 0.1) is 11.6 Å². The minimum absolute atomic E-state index is 0. The normalized spacial score (nSPS) is 9.16. The first-order valence-electron chi connectivity index (χ1n) is 26.1. The molecule has 11 rings (SSSR count). The molecular weight excluding hydrogens is 1130 g/mol. The van der Waals surface area contributed by atoms with Crippen LogP contribution in [-0.4, -0.2) is 15.0 Å². The van der Waals surface area contributed by atoms with E-state index in [0.717, 1.165) is 25.5 Å². The van der Waals surface area contributed by atoms with Gasteiger partial charge in [0.2, 0.25) is 0 Å². The quantitative estimate of drug-likeness (QED) is 0.0785. The molecule has 0 saturated heterocycles. The number of allylic oxidation sites excluding steroid dienone is 2. The molecule has 0 unspecified atom stereocenters. The van der Waals surface area contributed by atoms with Crippen molar-refractivity contribution < 1.29 is 62.5 Å². The Morgan fingerprint density at radius 1 is 0.337 bits per heavy atom. The number of halogens is 5. The number of aromatic nitrogens is 6. The van der Waals surface area contributed by atoms with Gasteiger partial charge in [-0.15, -0.1) is 24.8 Å². The Kier molecular flexibility index (Phi) is 40.0. The van der Waals surface area contributed by atoms with Crippen LogP contribution in [0.1, 0.15) is 49.1 Å². The summed E-state index contributed by atoms with van der Waals surface area (Å²) < 4.78 is 6.59. The van der Waals surface area contributed by atoms with Crippen molar-refractivity contribution in [2.24, 2.45) is 0 Å². The van der Waals surface area contributed by atoms with Crippen molar-refractivity contribution in [3.63, 3.8) is 0 Å². The van der Waals surface area contributed by atoms with Gasteiger partial charge in [-0.25, -0.2) is 13.7 Å². The van der Waals surface area contributed by atoms with Crippen LogP contribution in [0.4, 0.5) is 0 Å². The van der Waals surface area contributed by atoms with Crippen molar-refractivity contribution >= 4 is 11.6 Å². The lowest BCUT2D eigenvalue weighted by atomic mass is 10.1. The third kappa shape index (κ3) is 29.5. The molecule has 6 nitrogen and oxygen atoms in total. The Morgan fingerprint density at radius 2 is 0.530 bits per heavy atom. The van der Waals surface area contributed by atoms with Crippen molar-refractivity contribution in [1.82, 2.24) is 15.0 Å². The third-order valence-electron chi connectivity index (χ3n) is 11.3. The highest BCUT2D eigenvalue weighted by atomic mass is 35.5. The minimum Gasteiger partial charge on any atom is -1.00 e. The van der Waals surface area contributed by atoms with E-state index in [1.807, 2.05) is 129 Å². The second-order valence-corrected chi connectivity index (χ2v) is 18.1. The Bertz CT molecular complexity index is 3100. The van der Waals surface area contributed by atoms with Crippen LogP contribution in [0.5, 0.6) is 0 Å². The fraction of sp³-hybridized carbons (Fsp3) is 0.111. The van der Waals surface area contributed by atoms with E-state index in [9.17, 15) is 0 Å². The highest BCUT2D eigenvalue weighted by Gasteiger charge is 2.08. The van der Waals surface area contributed by atoms with E-state index >= 15 is 0 Å². The molecule has 0 fully saturated rings. The third-order valence-corrected chi connectivity index (χ3v) is 12.0. The zero-order valence-corrected chi connectivity index (χ0v) is 50.3. The Hall–Kier alpha value is -8.07. The molecular formula is C72H76Cl5N6+. The van der Waals surface area contributed by atoms with Crippen molar-refractivity contribution in [2.75, 3.05) is 0 Å². The van der Waals surface area contributed by atoms with Gasteiger partial charge in [0, 0.05) is 102 Å². The first-order valence-corrected chi connectivity index (χ1v) is 27.2. The summed E-state index contributed by atoms with van der Waals surface area (Å²) in [5.74, 6) is 1.34. The number of pyridine rings is 6. The molecule has 0 bridgehead atoms. The van der Waals surface area contributed by atoms with Gasteiger partial charge in [0.25, 0.3) is 0 Å². The average Bonchev–Trinajstić information content (AvgIpc) is 3.55. The summed E-state index contributed by atoms with van der Waals surface area (Å²) in [4.78, 5) is 11.9. The number of hydrogen-bond donors (Lipinski definition) is 0. The molecule has 83 heavy (non-hydrogen) atoms. The molecule has 0 spiro atoms. The van der Waals surface area contributed by atoms with Gasteiger partial charge in [-0.3, -0.25) is 15.0 Å². The summed E-state index contributed by atoms with van der Waals surface area (Å²) in [5, 5.41) is 0. The Balaban J connectivity index is 0.000000533. The zero-order valence-electron chi connectivity index (χ0n) is 46.5. The van der Waals surface area contributed by atoms with Gasteiger partial charge in [0.05, 0.1) is 0 Å². The molecule has 6 aromatic heterocycles. The molecule has 11 heteroatoms. The van der Waals surface area contributed by atoms with E-state index in [1.54, 1.807) is 36.9 Å². The number of hydrogen-bond acceptors (Lipinski definition) is 3. The van der Waals surface area contributed by atoms with Crippen LogP contribution in [-0.2, 0) is 31.4 Å². The van der Waals surface area contributed by atoms with Crippen LogP contribution in [0.2, 0.25) is 0 Å². The number of nitrogens with zero attached hydrogens (tertiary/aromatic N) is 6. The maximum absolute atomic E-state index is 5.53. The van der Waals surface area contributed by atoms with Gasteiger partial charge in [-0.2, -0.15) is 0 Å². The standard InChI is InChI=1S/C24H22N2.C17H15N2.C10H8N2.C7H8Cl.C7H7Cl.2C3H6.CH4.3ClH/c1-3-7-21(8-4-1)19-25-15-11-23(12-16-25)24-13-17-26(18-14-24)20-22-9-5-2-6-10-22;1-2-4-15(5-3-1)14-19-12-8-17(9-13-19)16-6-10-18-11-7-16;1-5-11-6-2-9(1)10-3-7-12-8-4-10;2*8-6-7-4-2-1-3-5-7;2*1-3-2;;;;/h1-18H,19-20H2;1-13H,14H2;1-8H;1-5,8H,6H2;1-5H,6H2;2*3H,1H2,2H3;1H4;3*1H/q+2;+1;;+1;;;;;;;/p-3. The van der Waals surface area contributed by atoms with Gasteiger partial charge in [0.15, 0.2) is 62.7 Å². The molecule has 0 saturated carbocycles. The molecule has 0 aliphatic rings. The summed E-state index contributed by atoms with van der Waals surface area (Å²) in [6.45, 7) is 13.2. The largest absolute Gasteiger partial charge is 1.00 e. The van der Waals surface area contributed by atoms with E-state index in [4.69, 9.17) is 23.2 Å². The van der Waals surface area contributed by atoms with E-state index in [0.29, 0.717) is 5.88 Å². The fourth-order valence-corrected chi connectivity index (χ4v) is 7.79. The summed E-state index contributed by atoms with van der Waals surface area (Å²) in [5.41, 5.74) is 13.6. The predicted octanol–water partition coefficient (Wildman–Crippen LogP) is 7.18. The number of rotatable bonds is 11. The van der Waals surface area contributed by atoms with Crippen LogP contribution >= 0.6 is 11.6 Å². The molecule has 428 valence electrons. The molecule has 0 amide bonds. The summed E-state index contributed by atoms with van der Waals surface area (Å²) in [6, 6.07) is 76.5. The van der Waals surface area contributed by atoms with E-state index in [2.05, 4.69) is 200 Å². The van der Waals surface area contributed by atoms with Gasteiger partial charge in [-0.1, -0.05) is 171 Å². The van der Waals surface area contributed by atoms with Gasteiger partial charge in [0.1, 0.15) is 11.6 Å². The van der Waals surface area contributed by atoms with Crippen molar-refractivity contribution in [3.05, 3.63) is 352 Å². The fourth-order valence-electron chi connectivity index (χ4n) is 7.42. The summed E-state index contributed by atoms with van der Waals surface area (Å²) >= 11 is 10.3. The lowest BCUT2D eigenvalue weighted by molar-refractivity contribution is -0.688. The maximum atomic E-state index is 5.53. The molecule has 5 aromatic carbocycles. The molecule has 0 aliphatic heterocycles. The highest BCUT2D eigenvalue weighted by molar-refractivity contribution is 6.17. The summed E-state index contributed by atoms with van der Waals surface area (Å²) in [7, 11) is 0. The van der Waals surface area contributed by atoms with Gasteiger partial charge in [-0.05, 0) is 89.2 Å². The summed E-state index contributed by atoms with van der Waals surface area (Å²) in [6.07, 6.45) is 27.1. The monoisotopic (exact) mass is 1200 g/mol. The molecule has 6 heterocycles. The zero-order chi connectivity index (χ0) is 55.8. The van der Waals surface area contributed by atoms with Crippen molar-refractivity contribution in [2.45, 2.75) is 52.7 Å². The predicted molar refractivity (Wildman–Crippen MR) is 332 cm³/mol. The Labute approximate surface area is 523 Å². The van der Waals surface area contributed by atoms with Crippen LogP contribution in [0.25, 0.3) is 33.4 Å². The SMILES string of the molecule is C.C=CC.C=CC.ClCc1ccccc1.[Cl-].[Cl-].[Cl-].[ClH+]Cc1ccccc1.c1cc(-c2ccncc2)ccn1.c1ccc(C[n+]2ccc(-c3cc[n+](Cc4ccccc4)cc3)cc2)cc1.c1ccc(C[n+]2ccc(-c3ccncc3)cc2)cc1. The lowest BCUT2D eigenvalue weighted by Gasteiger charge is -2.02. The smallest absolute Gasteiger partial charge is 0.195 e. The second-order valence-electron chi connectivity index (χ2n) is 17.5. The first-order chi connectivity index (χ1) is 38.9. The first kappa shape index (κ1) is 72.9. The van der Waals surface area contributed by atoms with E-state index in [-0.39, 0.29) is 44.6 Å².